The second kappa shape index (κ2) is 10.6. The molecule has 0 amide bonds. The number of hydrogen-bond acceptors (Lipinski definition) is 3. The summed E-state index contributed by atoms with van der Waals surface area (Å²) in [6.07, 6.45) is 3.61. The quantitative estimate of drug-likeness (QED) is 0.285. The predicted octanol–water partition coefficient (Wildman–Crippen LogP) is 6.08. The Hall–Kier alpha value is -2.65. The van der Waals surface area contributed by atoms with Crippen molar-refractivity contribution < 1.29 is 9.53 Å². The smallest absolute Gasteiger partial charge is 0.159 e. The lowest BCUT2D eigenvalue weighted by Gasteiger charge is -2.21. The van der Waals surface area contributed by atoms with Gasteiger partial charge in [-0.1, -0.05) is 68.1 Å². The second-order valence-corrected chi connectivity index (χ2v) is 7.07. The molecule has 0 saturated heterocycles. The molecule has 148 valence electrons. The van der Waals surface area contributed by atoms with Crippen molar-refractivity contribution in [2.45, 2.75) is 46.9 Å². The fraction of sp³-hybridized carbons (Fsp3) is 0.320. The molecule has 0 aliphatic carbocycles. The van der Waals surface area contributed by atoms with Gasteiger partial charge >= 0.3 is 0 Å². The molecule has 3 heteroatoms. The Bertz CT molecular complexity index is 803. The minimum atomic E-state index is 0.00678. The largest absolute Gasteiger partial charge is 0.491 e. The molecular formula is C25H31NO2. The van der Waals surface area contributed by atoms with Crippen LogP contribution in [0.15, 0.2) is 73.0 Å². The minimum absolute atomic E-state index is 0.00678. The summed E-state index contributed by atoms with van der Waals surface area (Å²) in [6, 6.07) is 16.5. The number of allylic oxidation sites excluding steroid dienone is 3. The molecule has 0 spiro atoms. The second-order valence-electron chi connectivity index (χ2n) is 7.07. The Kier molecular flexibility index (Phi) is 8.21. The summed E-state index contributed by atoms with van der Waals surface area (Å²) in [7, 11) is 0. The number of ether oxygens (including phenoxy) is 1. The van der Waals surface area contributed by atoms with Crippen molar-refractivity contribution in [3.63, 3.8) is 0 Å². The SMILES string of the molecule is C=CC=C(C)OC(C)c1ccc(CN(CC)Cc2ccc(C(C)=O)cc2)cc1. The van der Waals surface area contributed by atoms with Crippen LogP contribution in [0.1, 0.15) is 60.8 Å². The van der Waals surface area contributed by atoms with E-state index in [1.807, 2.05) is 37.3 Å². The van der Waals surface area contributed by atoms with Gasteiger partial charge in [0.05, 0.1) is 5.76 Å². The van der Waals surface area contributed by atoms with E-state index in [0.29, 0.717) is 0 Å². The van der Waals surface area contributed by atoms with Gasteiger partial charge in [0.15, 0.2) is 5.78 Å². The molecule has 0 bridgehead atoms. The monoisotopic (exact) mass is 377 g/mol. The highest BCUT2D eigenvalue weighted by Crippen LogP contribution is 2.21. The van der Waals surface area contributed by atoms with E-state index in [4.69, 9.17) is 4.74 Å². The van der Waals surface area contributed by atoms with Gasteiger partial charge in [-0.25, -0.2) is 0 Å². The van der Waals surface area contributed by atoms with Crippen LogP contribution >= 0.6 is 0 Å². The fourth-order valence-corrected chi connectivity index (χ4v) is 3.09. The molecule has 0 aliphatic rings. The minimum Gasteiger partial charge on any atom is -0.491 e. The summed E-state index contributed by atoms with van der Waals surface area (Å²) in [6.45, 7) is 14.2. The zero-order valence-electron chi connectivity index (χ0n) is 17.4. The summed E-state index contributed by atoms with van der Waals surface area (Å²) in [5, 5.41) is 0. The van der Waals surface area contributed by atoms with Gasteiger partial charge in [0, 0.05) is 18.7 Å². The molecule has 0 radical (unpaired) electrons. The lowest BCUT2D eigenvalue weighted by Crippen LogP contribution is -2.22. The molecule has 0 saturated carbocycles. The van der Waals surface area contributed by atoms with Crippen molar-refractivity contribution >= 4 is 5.78 Å². The van der Waals surface area contributed by atoms with Crippen molar-refractivity contribution in [1.29, 1.82) is 0 Å². The molecule has 0 heterocycles. The third-order valence-corrected chi connectivity index (χ3v) is 4.78. The van der Waals surface area contributed by atoms with Gasteiger partial charge in [-0.3, -0.25) is 9.69 Å². The lowest BCUT2D eigenvalue weighted by molar-refractivity contribution is 0.101. The highest BCUT2D eigenvalue weighted by molar-refractivity contribution is 5.93. The van der Waals surface area contributed by atoms with Crippen LogP contribution in [0.5, 0.6) is 0 Å². The van der Waals surface area contributed by atoms with Gasteiger partial charge in [0.2, 0.25) is 0 Å². The molecular weight excluding hydrogens is 346 g/mol. The normalized spacial score (nSPS) is 12.7. The molecule has 3 nitrogen and oxygen atoms in total. The van der Waals surface area contributed by atoms with Crippen molar-refractivity contribution in [1.82, 2.24) is 4.90 Å². The predicted molar refractivity (Wildman–Crippen MR) is 116 cm³/mol. The van der Waals surface area contributed by atoms with E-state index >= 15 is 0 Å². The zero-order chi connectivity index (χ0) is 20.5. The Morgan fingerprint density at radius 1 is 1.04 bits per heavy atom. The van der Waals surface area contributed by atoms with Crippen LogP contribution in [0, 0.1) is 0 Å². The van der Waals surface area contributed by atoms with Gasteiger partial charge in [0.25, 0.3) is 0 Å². The molecule has 1 unspecified atom stereocenters. The summed E-state index contributed by atoms with van der Waals surface area (Å²) in [4.78, 5) is 13.8. The molecule has 2 rings (SSSR count). The summed E-state index contributed by atoms with van der Waals surface area (Å²) >= 11 is 0. The first-order chi connectivity index (χ1) is 13.4. The lowest BCUT2D eigenvalue weighted by atomic mass is 10.1. The van der Waals surface area contributed by atoms with E-state index in [9.17, 15) is 4.79 Å². The van der Waals surface area contributed by atoms with Crippen LogP contribution in [0.4, 0.5) is 0 Å². The average molecular weight is 378 g/mol. The molecule has 2 aromatic carbocycles. The van der Waals surface area contributed by atoms with E-state index in [2.05, 4.69) is 49.6 Å². The molecule has 1 atom stereocenters. The van der Waals surface area contributed by atoms with Gasteiger partial charge in [0.1, 0.15) is 6.10 Å². The Morgan fingerprint density at radius 2 is 1.57 bits per heavy atom. The zero-order valence-corrected chi connectivity index (χ0v) is 17.4. The highest BCUT2D eigenvalue weighted by atomic mass is 16.5. The molecule has 0 N–H and O–H groups in total. The van der Waals surface area contributed by atoms with Gasteiger partial charge in [-0.05, 0) is 50.1 Å². The Morgan fingerprint density at radius 3 is 2.04 bits per heavy atom. The molecule has 28 heavy (non-hydrogen) atoms. The van der Waals surface area contributed by atoms with Crippen LogP contribution in [0.25, 0.3) is 0 Å². The number of benzene rings is 2. The van der Waals surface area contributed by atoms with E-state index < -0.39 is 0 Å². The number of carbonyl (C=O) groups is 1. The van der Waals surface area contributed by atoms with Crippen molar-refractivity contribution in [2.24, 2.45) is 0 Å². The molecule has 2 aromatic rings. The van der Waals surface area contributed by atoms with Gasteiger partial charge in [-0.2, -0.15) is 0 Å². The molecule has 0 fully saturated rings. The number of Topliss-reactive ketones (excluding diaryl/α,β-unsaturated/α-hetero) is 1. The molecule has 0 aromatic heterocycles. The van der Waals surface area contributed by atoms with E-state index in [0.717, 1.165) is 36.5 Å². The third kappa shape index (κ3) is 6.50. The topological polar surface area (TPSA) is 29.5 Å². The third-order valence-electron chi connectivity index (χ3n) is 4.78. The fourth-order valence-electron chi connectivity index (χ4n) is 3.09. The van der Waals surface area contributed by atoms with E-state index in [-0.39, 0.29) is 11.9 Å². The van der Waals surface area contributed by atoms with E-state index in [1.54, 1.807) is 13.0 Å². The van der Waals surface area contributed by atoms with Gasteiger partial charge < -0.3 is 4.74 Å². The Labute approximate surface area is 169 Å². The van der Waals surface area contributed by atoms with Crippen LogP contribution < -0.4 is 0 Å². The van der Waals surface area contributed by atoms with E-state index in [1.165, 1.54) is 11.1 Å². The number of ketones is 1. The Balaban J connectivity index is 1.97. The maximum atomic E-state index is 11.4. The standard InChI is InChI=1S/C25H31NO2/c1-6-8-19(3)28-21(5)25-15-11-23(12-16-25)18-26(7-2)17-22-9-13-24(14-10-22)20(4)27/h6,8-16,21H,1,7,17-18H2,2-5H3. The average Bonchev–Trinajstić information content (AvgIpc) is 2.68. The first-order valence-corrected chi connectivity index (χ1v) is 9.80. The maximum Gasteiger partial charge on any atom is 0.159 e. The summed E-state index contributed by atoms with van der Waals surface area (Å²) < 4.78 is 5.88. The first-order valence-electron chi connectivity index (χ1n) is 9.80. The van der Waals surface area contributed by atoms with Crippen LogP contribution in [-0.2, 0) is 17.8 Å². The number of carbonyl (C=O) groups excluding carboxylic acids is 1. The summed E-state index contributed by atoms with van der Waals surface area (Å²) in [5.74, 6) is 0.965. The molecule has 0 aliphatic heterocycles. The number of rotatable bonds is 10. The first kappa shape index (κ1) is 21.6. The highest BCUT2D eigenvalue weighted by Gasteiger charge is 2.09. The van der Waals surface area contributed by atoms with Gasteiger partial charge in [-0.15, -0.1) is 0 Å². The summed E-state index contributed by atoms with van der Waals surface area (Å²) in [5.41, 5.74) is 4.41. The van der Waals surface area contributed by atoms with Crippen molar-refractivity contribution in [3.8, 4) is 0 Å². The number of hydrogen-bond donors (Lipinski definition) is 0. The van der Waals surface area contributed by atoms with Crippen molar-refractivity contribution in [3.05, 3.63) is 95.3 Å². The maximum absolute atomic E-state index is 11.4. The van der Waals surface area contributed by atoms with Crippen LogP contribution in [0.2, 0.25) is 0 Å². The van der Waals surface area contributed by atoms with Crippen LogP contribution in [-0.4, -0.2) is 17.2 Å². The van der Waals surface area contributed by atoms with Crippen molar-refractivity contribution in [2.75, 3.05) is 6.54 Å². The van der Waals surface area contributed by atoms with Crippen LogP contribution in [0.3, 0.4) is 0 Å². The number of nitrogens with zero attached hydrogens (tertiary/aromatic N) is 1.